The summed E-state index contributed by atoms with van der Waals surface area (Å²) in [7, 11) is 1.64. The molecule has 0 N–H and O–H groups in total. The lowest BCUT2D eigenvalue weighted by molar-refractivity contribution is 0.408. The maximum atomic E-state index is 8.85. The van der Waals surface area contributed by atoms with Crippen LogP contribution in [0.4, 0.5) is 0 Å². The molecule has 0 spiro atoms. The summed E-state index contributed by atoms with van der Waals surface area (Å²) in [4.78, 5) is 0. The van der Waals surface area contributed by atoms with Gasteiger partial charge in [0.15, 0.2) is 0 Å². The Balaban J connectivity index is 2.34. The first-order chi connectivity index (χ1) is 7.83. The van der Waals surface area contributed by atoms with Crippen LogP contribution in [0.2, 0.25) is 0 Å². The van der Waals surface area contributed by atoms with Crippen LogP contribution in [0.1, 0.15) is 11.1 Å². The monoisotopic (exact) mass is 212 g/mol. The van der Waals surface area contributed by atoms with E-state index < -0.39 is 0 Å². The van der Waals surface area contributed by atoms with Crippen LogP contribution in [-0.4, -0.2) is 11.7 Å². The highest BCUT2D eigenvalue weighted by atomic mass is 16.5. The van der Waals surface area contributed by atoms with Gasteiger partial charge >= 0.3 is 0 Å². The molecule has 2 aromatic rings. The van der Waals surface area contributed by atoms with Crippen LogP contribution < -0.4 is 4.74 Å². The van der Waals surface area contributed by atoms with Gasteiger partial charge in [0, 0.05) is 18.0 Å². The maximum Gasteiger partial charge on any atom is 0.123 e. The lowest BCUT2D eigenvalue weighted by Gasteiger charge is -2.09. The molecule has 1 aromatic carbocycles. The molecule has 0 aliphatic rings. The van der Waals surface area contributed by atoms with Crippen LogP contribution >= 0.6 is 0 Å². The Morgan fingerprint density at radius 3 is 2.69 bits per heavy atom. The van der Waals surface area contributed by atoms with Crippen LogP contribution in [-0.2, 0) is 6.54 Å². The van der Waals surface area contributed by atoms with Crippen LogP contribution in [0.15, 0.2) is 42.7 Å². The SMILES string of the molecule is COc1ccc(C#N)cc1Cn1cccc1. The fourth-order valence-corrected chi connectivity index (χ4v) is 1.64. The topological polar surface area (TPSA) is 37.9 Å². The number of nitriles is 1. The smallest absolute Gasteiger partial charge is 0.123 e. The third kappa shape index (κ3) is 2.06. The summed E-state index contributed by atoms with van der Waals surface area (Å²) in [6.07, 6.45) is 3.97. The van der Waals surface area contributed by atoms with Gasteiger partial charge in [0.25, 0.3) is 0 Å². The van der Waals surface area contributed by atoms with Gasteiger partial charge < -0.3 is 9.30 Å². The Bertz CT molecular complexity index is 509. The molecule has 1 heterocycles. The molecule has 0 aliphatic heterocycles. The molecule has 0 fully saturated rings. The quantitative estimate of drug-likeness (QED) is 0.783. The van der Waals surface area contributed by atoms with Crippen molar-refractivity contribution in [3.8, 4) is 11.8 Å². The molecule has 80 valence electrons. The van der Waals surface area contributed by atoms with Crippen LogP contribution in [0, 0.1) is 11.3 Å². The molecule has 3 nitrogen and oxygen atoms in total. The summed E-state index contributed by atoms with van der Waals surface area (Å²) >= 11 is 0. The Hall–Kier alpha value is -2.21. The van der Waals surface area contributed by atoms with Gasteiger partial charge in [-0.2, -0.15) is 5.26 Å². The van der Waals surface area contributed by atoms with Crippen LogP contribution in [0.3, 0.4) is 0 Å². The maximum absolute atomic E-state index is 8.85. The first-order valence-electron chi connectivity index (χ1n) is 5.01. The van der Waals surface area contributed by atoms with Gasteiger partial charge in [-0.25, -0.2) is 0 Å². The van der Waals surface area contributed by atoms with Gasteiger partial charge in [-0.15, -0.1) is 0 Å². The third-order valence-corrected chi connectivity index (χ3v) is 2.43. The van der Waals surface area contributed by atoms with E-state index in [1.54, 1.807) is 13.2 Å². The minimum atomic E-state index is 0.656. The van der Waals surface area contributed by atoms with E-state index in [1.165, 1.54) is 0 Å². The molecule has 2 rings (SSSR count). The summed E-state index contributed by atoms with van der Waals surface area (Å²) in [6.45, 7) is 0.714. The van der Waals surface area contributed by atoms with Gasteiger partial charge in [0.1, 0.15) is 5.75 Å². The van der Waals surface area contributed by atoms with E-state index in [0.717, 1.165) is 11.3 Å². The van der Waals surface area contributed by atoms with Crippen molar-refractivity contribution in [3.05, 3.63) is 53.9 Å². The largest absolute Gasteiger partial charge is 0.496 e. The van der Waals surface area contributed by atoms with Crippen molar-refractivity contribution < 1.29 is 4.74 Å². The Morgan fingerprint density at radius 1 is 1.31 bits per heavy atom. The molecule has 0 amide bonds. The second kappa shape index (κ2) is 4.54. The zero-order valence-electron chi connectivity index (χ0n) is 9.05. The average molecular weight is 212 g/mol. The lowest BCUT2D eigenvalue weighted by atomic mass is 10.1. The second-order valence-electron chi connectivity index (χ2n) is 3.49. The highest BCUT2D eigenvalue weighted by Crippen LogP contribution is 2.20. The average Bonchev–Trinajstić information content (AvgIpc) is 2.82. The summed E-state index contributed by atoms with van der Waals surface area (Å²) in [5, 5.41) is 8.85. The van der Waals surface area contributed by atoms with Gasteiger partial charge in [0.2, 0.25) is 0 Å². The molecule has 0 saturated carbocycles. The molecule has 0 aliphatic carbocycles. The van der Waals surface area contributed by atoms with Crippen molar-refractivity contribution in [2.24, 2.45) is 0 Å². The van der Waals surface area contributed by atoms with Crippen molar-refractivity contribution in [3.63, 3.8) is 0 Å². The van der Waals surface area contributed by atoms with Crippen LogP contribution in [0.5, 0.6) is 5.75 Å². The number of benzene rings is 1. The summed E-state index contributed by atoms with van der Waals surface area (Å²) in [5.41, 5.74) is 1.67. The summed E-state index contributed by atoms with van der Waals surface area (Å²) in [5.74, 6) is 0.813. The Kier molecular flexibility index (Phi) is 2.93. The molecule has 0 saturated heterocycles. The normalized spacial score (nSPS) is 9.75. The van der Waals surface area contributed by atoms with Gasteiger partial charge in [-0.05, 0) is 30.3 Å². The Labute approximate surface area is 94.5 Å². The van der Waals surface area contributed by atoms with Crippen molar-refractivity contribution in [1.29, 1.82) is 5.26 Å². The van der Waals surface area contributed by atoms with Gasteiger partial charge in [-0.3, -0.25) is 0 Å². The number of nitrogens with zero attached hydrogens (tertiary/aromatic N) is 2. The molecule has 0 unspecified atom stereocenters. The fraction of sp³-hybridized carbons (Fsp3) is 0.154. The van der Waals surface area contributed by atoms with E-state index in [0.29, 0.717) is 12.1 Å². The standard InChI is InChI=1S/C13H12N2O/c1-16-13-5-4-11(9-14)8-12(13)10-15-6-2-3-7-15/h2-8H,10H2,1H3. The highest BCUT2D eigenvalue weighted by molar-refractivity contribution is 5.42. The zero-order valence-corrected chi connectivity index (χ0v) is 9.05. The first kappa shape index (κ1) is 10.3. The van der Waals surface area contributed by atoms with Gasteiger partial charge in [-0.1, -0.05) is 0 Å². The molecule has 16 heavy (non-hydrogen) atoms. The predicted octanol–water partition coefficient (Wildman–Crippen LogP) is 2.42. The number of ether oxygens (including phenoxy) is 1. The van der Waals surface area contributed by atoms with E-state index in [-0.39, 0.29) is 0 Å². The van der Waals surface area contributed by atoms with E-state index in [2.05, 4.69) is 6.07 Å². The second-order valence-corrected chi connectivity index (χ2v) is 3.49. The fourth-order valence-electron chi connectivity index (χ4n) is 1.64. The van der Waals surface area contributed by atoms with Gasteiger partial charge in [0.05, 0.1) is 25.3 Å². The minimum Gasteiger partial charge on any atom is -0.496 e. The molecule has 0 radical (unpaired) electrons. The number of aromatic nitrogens is 1. The third-order valence-electron chi connectivity index (χ3n) is 2.43. The van der Waals surface area contributed by atoms with E-state index in [1.807, 2.05) is 41.2 Å². The molecular weight excluding hydrogens is 200 g/mol. The molecule has 0 bridgehead atoms. The summed E-state index contributed by atoms with van der Waals surface area (Å²) in [6, 6.07) is 11.5. The molecule has 3 heteroatoms. The van der Waals surface area contributed by atoms with Crippen LogP contribution in [0.25, 0.3) is 0 Å². The van der Waals surface area contributed by atoms with Crippen molar-refractivity contribution in [2.45, 2.75) is 6.54 Å². The summed E-state index contributed by atoms with van der Waals surface area (Å²) < 4.78 is 7.31. The number of hydrogen-bond donors (Lipinski definition) is 0. The number of methoxy groups -OCH3 is 1. The zero-order chi connectivity index (χ0) is 11.4. The number of hydrogen-bond acceptors (Lipinski definition) is 2. The van der Waals surface area contributed by atoms with E-state index in [9.17, 15) is 0 Å². The van der Waals surface area contributed by atoms with Crippen molar-refractivity contribution in [1.82, 2.24) is 4.57 Å². The van der Waals surface area contributed by atoms with E-state index >= 15 is 0 Å². The van der Waals surface area contributed by atoms with Crippen molar-refractivity contribution in [2.75, 3.05) is 7.11 Å². The molecular formula is C13H12N2O. The first-order valence-corrected chi connectivity index (χ1v) is 5.01. The molecule has 1 aromatic heterocycles. The predicted molar refractivity (Wildman–Crippen MR) is 61.2 cm³/mol. The lowest BCUT2D eigenvalue weighted by Crippen LogP contribution is -1.99. The Morgan fingerprint density at radius 2 is 2.06 bits per heavy atom. The highest BCUT2D eigenvalue weighted by Gasteiger charge is 2.04. The molecule has 0 atom stereocenters. The minimum absolute atomic E-state index is 0.656. The van der Waals surface area contributed by atoms with Crippen molar-refractivity contribution >= 4 is 0 Å². The number of rotatable bonds is 3. The van der Waals surface area contributed by atoms with E-state index in [4.69, 9.17) is 10.00 Å².